The SMILES string of the molecule is Cc1cnc(Cl)cc1Sc1nnc2ccccn12. The number of aryl methyl sites for hydroxylation is 1. The molecule has 3 aromatic heterocycles. The minimum absolute atomic E-state index is 0.483. The normalized spacial score (nSPS) is 11.0. The Morgan fingerprint density at radius 2 is 2.17 bits per heavy atom. The number of rotatable bonds is 2. The third-order valence-corrected chi connectivity index (χ3v) is 3.83. The lowest BCUT2D eigenvalue weighted by molar-refractivity contribution is 0.920. The van der Waals surface area contributed by atoms with Gasteiger partial charge in [0.15, 0.2) is 10.8 Å². The van der Waals surface area contributed by atoms with Gasteiger partial charge in [-0.3, -0.25) is 4.40 Å². The van der Waals surface area contributed by atoms with Crippen LogP contribution >= 0.6 is 23.4 Å². The van der Waals surface area contributed by atoms with E-state index in [-0.39, 0.29) is 0 Å². The Morgan fingerprint density at radius 1 is 1.28 bits per heavy atom. The fraction of sp³-hybridized carbons (Fsp3) is 0.0833. The molecule has 0 saturated carbocycles. The highest BCUT2D eigenvalue weighted by atomic mass is 35.5. The maximum absolute atomic E-state index is 5.91. The van der Waals surface area contributed by atoms with E-state index in [0.29, 0.717) is 5.15 Å². The number of pyridine rings is 2. The van der Waals surface area contributed by atoms with E-state index in [4.69, 9.17) is 11.6 Å². The molecule has 0 radical (unpaired) electrons. The summed E-state index contributed by atoms with van der Waals surface area (Å²) in [4.78, 5) is 5.08. The Kier molecular flexibility index (Phi) is 2.93. The highest BCUT2D eigenvalue weighted by Gasteiger charge is 2.09. The van der Waals surface area contributed by atoms with Gasteiger partial charge in [0.25, 0.3) is 0 Å². The van der Waals surface area contributed by atoms with E-state index in [0.717, 1.165) is 21.3 Å². The molecular formula is C12H9ClN4S. The van der Waals surface area contributed by atoms with Crippen LogP contribution in [-0.4, -0.2) is 19.6 Å². The Balaban J connectivity index is 2.04. The maximum Gasteiger partial charge on any atom is 0.200 e. The van der Waals surface area contributed by atoms with Crippen LogP contribution in [0.2, 0.25) is 5.15 Å². The van der Waals surface area contributed by atoms with E-state index in [1.54, 1.807) is 6.20 Å². The lowest BCUT2D eigenvalue weighted by atomic mass is 10.3. The van der Waals surface area contributed by atoms with Crippen molar-refractivity contribution < 1.29 is 0 Å². The van der Waals surface area contributed by atoms with Crippen LogP contribution in [0.3, 0.4) is 0 Å². The molecule has 0 saturated heterocycles. The molecule has 0 spiro atoms. The van der Waals surface area contributed by atoms with Crippen LogP contribution < -0.4 is 0 Å². The third-order valence-electron chi connectivity index (χ3n) is 2.50. The van der Waals surface area contributed by atoms with Crippen LogP contribution in [-0.2, 0) is 0 Å². The summed E-state index contributed by atoms with van der Waals surface area (Å²) in [6.07, 6.45) is 3.70. The molecule has 3 aromatic rings. The zero-order chi connectivity index (χ0) is 12.5. The fourth-order valence-electron chi connectivity index (χ4n) is 1.58. The van der Waals surface area contributed by atoms with Crippen molar-refractivity contribution in [2.45, 2.75) is 17.0 Å². The molecule has 0 unspecified atom stereocenters. The second-order valence-corrected chi connectivity index (χ2v) is 5.18. The Hall–Kier alpha value is -1.59. The molecule has 6 heteroatoms. The van der Waals surface area contributed by atoms with Gasteiger partial charge in [-0.2, -0.15) is 0 Å². The number of nitrogens with zero attached hydrogens (tertiary/aromatic N) is 4. The van der Waals surface area contributed by atoms with Gasteiger partial charge in [-0.05, 0) is 42.4 Å². The van der Waals surface area contributed by atoms with E-state index in [1.807, 2.05) is 41.8 Å². The summed E-state index contributed by atoms with van der Waals surface area (Å²) >= 11 is 7.44. The van der Waals surface area contributed by atoms with Crippen LogP contribution in [0.4, 0.5) is 0 Å². The first-order valence-electron chi connectivity index (χ1n) is 5.34. The average Bonchev–Trinajstić information content (AvgIpc) is 2.78. The van der Waals surface area contributed by atoms with Crippen molar-refractivity contribution in [3.8, 4) is 0 Å². The van der Waals surface area contributed by atoms with Gasteiger partial charge in [-0.15, -0.1) is 10.2 Å². The minimum atomic E-state index is 0.483. The number of aromatic nitrogens is 4. The zero-order valence-electron chi connectivity index (χ0n) is 9.54. The van der Waals surface area contributed by atoms with Gasteiger partial charge in [-0.1, -0.05) is 17.7 Å². The molecule has 90 valence electrons. The van der Waals surface area contributed by atoms with E-state index >= 15 is 0 Å². The summed E-state index contributed by atoms with van der Waals surface area (Å²) in [6.45, 7) is 1.99. The first kappa shape index (κ1) is 11.5. The van der Waals surface area contributed by atoms with Gasteiger partial charge in [-0.25, -0.2) is 4.98 Å². The molecule has 0 bridgehead atoms. The van der Waals surface area contributed by atoms with Crippen LogP contribution in [0.5, 0.6) is 0 Å². The predicted octanol–water partition coefficient (Wildman–Crippen LogP) is 3.24. The van der Waals surface area contributed by atoms with Crippen LogP contribution in [0.25, 0.3) is 5.65 Å². The second kappa shape index (κ2) is 4.59. The highest BCUT2D eigenvalue weighted by molar-refractivity contribution is 7.99. The monoisotopic (exact) mass is 276 g/mol. The van der Waals surface area contributed by atoms with Crippen molar-refractivity contribution in [3.63, 3.8) is 0 Å². The lowest BCUT2D eigenvalue weighted by Gasteiger charge is -2.03. The quantitative estimate of drug-likeness (QED) is 0.674. The number of fused-ring (bicyclic) bond motifs is 1. The summed E-state index contributed by atoms with van der Waals surface area (Å²) in [6, 6.07) is 7.65. The summed E-state index contributed by atoms with van der Waals surface area (Å²) in [5.41, 5.74) is 1.90. The van der Waals surface area contributed by atoms with Crippen molar-refractivity contribution in [3.05, 3.63) is 47.4 Å². The highest BCUT2D eigenvalue weighted by Crippen LogP contribution is 2.30. The molecule has 3 heterocycles. The van der Waals surface area contributed by atoms with E-state index in [1.165, 1.54) is 11.8 Å². The van der Waals surface area contributed by atoms with Crippen molar-refractivity contribution in [2.24, 2.45) is 0 Å². The summed E-state index contributed by atoms with van der Waals surface area (Å²) < 4.78 is 1.94. The molecule has 0 fully saturated rings. The van der Waals surface area contributed by atoms with Gasteiger partial charge >= 0.3 is 0 Å². The molecular weight excluding hydrogens is 268 g/mol. The number of hydrogen-bond acceptors (Lipinski definition) is 4. The average molecular weight is 277 g/mol. The first-order chi connectivity index (χ1) is 8.74. The van der Waals surface area contributed by atoms with Crippen molar-refractivity contribution in [1.29, 1.82) is 0 Å². The molecule has 0 aliphatic carbocycles. The molecule has 0 aliphatic rings. The van der Waals surface area contributed by atoms with Crippen molar-refractivity contribution in [1.82, 2.24) is 19.6 Å². The Morgan fingerprint density at radius 3 is 3.06 bits per heavy atom. The summed E-state index contributed by atoms with van der Waals surface area (Å²) in [5, 5.41) is 9.58. The number of halogens is 1. The van der Waals surface area contributed by atoms with Crippen molar-refractivity contribution in [2.75, 3.05) is 0 Å². The summed E-state index contributed by atoms with van der Waals surface area (Å²) in [5.74, 6) is 0. The van der Waals surface area contributed by atoms with Crippen LogP contribution in [0, 0.1) is 6.92 Å². The van der Waals surface area contributed by atoms with E-state index in [9.17, 15) is 0 Å². The van der Waals surface area contributed by atoms with Gasteiger partial charge in [0, 0.05) is 17.3 Å². The Bertz CT molecular complexity index is 710. The van der Waals surface area contributed by atoms with Gasteiger partial charge < -0.3 is 0 Å². The zero-order valence-corrected chi connectivity index (χ0v) is 11.1. The standard InChI is InChI=1S/C12H9ClN4S/c1-8-7-14-10(13)6-9(8)18-12-16-15-11-4-2-3-5-17(11)12/h2-7H,1H3. The maximum atomic E-state index is 5.91. The van der Waals surface area contributed by atoms with Crippen molar-refractivity contribution >= 4 is 29.0 Å². The first-order valence-corrected chi connectivity index (χ1v) is 6.53. The molecule has 0 aromatic carbocycles. The number of hydrogen-bond donors (Lipinski definition) is 0. The molecule has 4 nitrogen and oxygen atoms in total. The molecule has 0 atom stereocenters. The second-order valence-electron chi connectivity index (χ2n) is 3.79. The smallest absolute Gasteiger partial charge is 0.200 e. The predicted molar refractivity (Wildman–Crippen MR) is 71.1 cm³/mol. The topological polar surface area (TPSA) is 43.1 Å². The summed E-state index contributed by atoms with van der Waals surface area (Å²) in [7, 11) is 0. The van der Waals surface area contributed by atoms with Gasteiger partial charge in [0.05, 0.1) is 0 Å². The van der Waals surface area contributed by atoms with Gasteiger partial charge in [0.2, 0.25) is 0 Å². The molecule has 0 N–H and O–H groups in total. The van der Waals surface area contributed by atoms with Crippen LogP contribution in [0.15, 0.2) is 46.7 Å². The van der Waals surface area contributed by atoms with Crippen LogP contribution in [0.1, 0.15) is 5.56 Å². The molecule has 0 aliphatic heterocycles. The van der Waals surface area contributed by atoms with E-state index in [2.05, 4.69) is 15.2 Å². The largest absolute Gasteiger partial charge is 0.277 e. The van der Waals surface area contributed by atoms with Gasteiger partial charge in [0.1, 0.15) is 5.15 Å². The molecule has 0 amide bonds. The lowest BCUT2D eigenvalue weighted by Crippen LogP contribution is -1.88. The molecule has 3 rings (SSSR count). The third kappa shape index (κ3) is 2.07. The Labute approximate surface area is 113 Å². The van der Waals surface area contributed by atoms with E-state index < -0.39 is 0 Å². The molecule has 18 heavy (non-hydrogen) atoms. The fourth-order valence-corrected chi connectivity index (χ4v) is 2.72. The minimum Gasteiger partial charge on any atom is -0.277 e.